The van der Waals surface area contributed by atoms with Crippen molar-refractivity contribution in [2.75, 3.05) is 6.61 Å². The number of hydrogen-bond acceptors (Lipinski definition) is 4. The van der Waals surface area contributed by atoms with E-state index in [2.05, 4.69) is 11.9 Å². The molecule has 0 aromatic heterocycles. The van der Waals surface area contributed by atoms with Crippen LogP contribution in [0.4, 0.5) is 0 Å². The maximum atomic E-state index is 12.8. The lowest BCUT2D eigenvalue weighted by molar-refractivity contribution is -0.139. The number of benzene rings is 1. The zero-order valence-electron chi connectivity index (χ0n) is 15.0. The van der Waals surface area contributed by atoms with Crippen molar-refractivity contribution in [1.82, 2.24) is 0 Å². The summed E-state index contributed by atoms with van der Waals surface area (Å²) >= 11 is 0. The Morgan fingerprint density at radius 1 is 1.20 bits per heavy atom. The number of Topliss-reactive ketones (excluding diaryl/α,β-unsaturated/α-hetero) is 1. The summed E-state index contributed by atoms with van der Waals surface area (Å²) < 4.78 is 5.48. The van der Waals surface area contributed by atoms with E-state index in [-0.39, 0.29) is 23.6 Å². The van der Waals surface area contributed by atoms with Gasteiger partial charge in [-0.25, -0.2) is 4.79 Å². The van der Waals surface area contributed by atoms with Crippen molar-refractivity contribution < 1.29 is 14.3 Å². The van der Waals surface area contributed by atoms with Crippen molar-refractivity contribution in [2.45, 2.75) is 51.9 Å². The molecule has 1 fully saturated rings. The lowest BCUT2D eigenvalue weighted by Crippen LogP contribution is -2.39. The summed E-state index contributed by atoms with van der Waals surface area (Å²) in [5, 5.41) is 0. The number of allylic oxidation sites excluding steroid dienone is 1. The Bertz CT molecular complexity index is 718. The Morgan fingerprint density at radius 2 is 1.96 bits per heavy atom. The van der Waals surface area contributed by atoms with Gasteiger partial charge in [0, 0.05) is 23.7 Å². The number of rotatable bonds is 5. The van der Waals surface area contributed by atoms with Gasteiger partial charge in [0.15, 0.2) is 0 Å². The van der Waals surface area contributed by atoms with E-state index < -0.39 is 0 Å². The zero-order valence-corrected chi connectivity index (χ0v) is 15.0. The van der Waals surface area contributed by atoms with Crippen LogP contribution in [0.1, 0.15) is 57.4 Å². The van der Waals surface area contributed by atoms with E-state index in [9.17, 15) is 9.59 Å². The second-order valence-corrected chi connectivity index (χ2v) is 6.78. The highest BCUT2D eigenvalue weighted by molar-refractivity contribution is 6.11. The topological polar surface area (TPSA) is 55.7 Å². The summed E-state index contributed by atoms with van der Waals surface area (Å²) in [6, 6.07) is 9.82. The number of nitrogens with zero attached hydrogens (tertiary/aromatic N) is 1. The molecule has 0 N–H and O–H groups in total. The Balaban J connectivity index is 2.02. The van der Waals surface area contributed by atoms with E-state index in [0.717, 1.165) is 37.0 Å². The van der Waals surface area contributed by atoms with Crippen LogP contribution < -0.4 is 0 Å². The predicted octanol–water partition coefficient (Wildman–Crippen LogP) is 4.21. The SMILES string of the molecule is CCCCOC(=O)C1=C(C)N=C2CCCC(=O)[C@@H]2[C@H]1c1ccccc1. The molecule has 1 aliphatic carbocycles. The summed E-state index contributed by atoms with van der Waals surface area (Å²) in [6.07, 6.45) is 4.04. The van der Waals surface area contributed by atoms with Crippen molar-refractivity contribution in [3.05, 3.63) is 47.2 Å². The minimum atomic E-state index is -0.332. The Hall–Kier alpha value is -2.23. The monoisotopic (exact) mass is 339 g/mol. The fourth-order valence-electron chi connectivity index (χ4n) is 3.79. The number of ether oxygens (including phenoxy) is 1. The summed E-state index contributed by atoms with van der Waals surface area (Å²) in [5.74, 6) is -0.754. The number of aliphatic imine (C=N–C) groups is 1. The summed E-state index contributed by atoms with van der Waals surface area (Å²) in [6.45, 7) is 4.32. The van der Waals surface area contributed by atoms with Crippen LogP contribution >= 0.6 is 0 Å². The van der Waals surface area contributed by atoms with Crippen LogP contribution in [0.25, 0.3) is 0 Å². The fraction of sp³-hybridized carbons (Fsp3) is 0.476. The van der Waals surface area contributed by atoms with Gasteiger partial charge < -0.3 is 4.74 Å². The number of unbranched alkanes of at least 4 members (excludes halogenated alkanes) is 1. The van der Waals surface area contributed by atoms with E-state index >= 15 is 0 Å². The smallest absolute Gasteiger partial charge is 0.336 e. The van der Waals surface area contributed by atoms with E-state index in [1.54, 1.807) is 0 Å². The minimum absolute atomic E-state index is 0.185. The van der Waals surface area contributed by atoms with Crippen LogP contribution in [0.2, 0.25) is 0 Å². The van der Waals surface area contributed by atoms with Gasteiger partial charge in [0.1, 0.15) is 5.78 Å². The van der Waals surface area contributed by atoms with Gasteiger partial charge in [0.05, 0.1) is 18.1 Å². The molecule has 0 bridgehead atoms. The van der Waals surface area contributed by atoms with Crippen molar-refractivity contribution in [1.29, 1.82) is 0 Å². The third-order valence-corrected chi connectivity index (χ3v) is 5.02. The van der Waals surface area contributed by atoms with E-state index in [4.69, 9.17) is 4.74 Å². The lowest BCUT2D eigenvalue weighted by atomic mass is 9.69. The van der Waals surface area contributed by atoms with Crippen molar-refractivity contribution in [2.24, 2.45) is 10.9 Å². The maximum Gasteiger partial charge on any atom is 0.336 e. The second kappa shape index (κ2) is 7.77. The molecule has 1 saturated carbocycles. The number of ketones is 1. The molecule has 0 radical (unpaired) electrons. The van der Waals surface area contributed by atoms with Gasteiger partial charge >= 0.3 is 5.97 Å². The summed E-state index contributed by atoms with van der Waals surface area (Å²) in [5.41, 5.74) is 3.15. The molecule has 132 valence electrons. The maximum absolute atomic E-state index is 12.8. The highest BCUT2D eigenvalue weighted by Gasteiger charge is 2.43. The molecule has 4 heteroatoms. The number of fused-ring (bicyclic) bond motifs is 1. The standard InChI is InChI=1S/C21H25NO3/c1-3-4-13-25-21(24)18-14(2)22-16-11-8-12-17(23)20(16)19(18)15-9-6-5-7-10-15/h5-7,9-10,19-20H,3-4,8,11-13H2,1-2H3/t19-,20+/m0/s1. The zero-order chi connectivity index (χ0) is 17.8. The third-order valence-electron chi connectivity index (χ3n) is 5.02. The molecular formula is C21H25NO3. The van der Waals surface area contributed by atoms with Crippen LogP contribution in [0, 0.1) is 5.92 Å². The van der Waals surface area contributed by atoms with Crippen LogP contribution in [0.15, 0.2) is 46.6 Å². The molecule has 4 nitrogen and oxygen atoms in total. The highest BCUT2D eigenvalue weighted by atomic mass is 16.5. The van der Waals surface area contributed by atoms with Gasteiger partial charge in [-0.05, 0) is 31.7 Å². The molecule has 0 spiro atoms. The molecule has 25 heavy (non-hydrogen) atoms. The van der Waals surface area contributed by atoms with E-state index in [1.807, 2.05) is 37.3 Å². The molecular weight excluding hydrogens is 314 g/mol. The Morgan fingerprint density at radius 3 is 2.68 bits per heavy atom. The molecule has 0 amide bonds. The largest absolute Gasteiger partial charge is 0.462 e. The molecule has 1 heterocycles. The van der Waals surface area contributed by atoms with Gasteiger partial charge in [-0.3, -0.25) is 9.79 Å². The molecule has 0 saturated heterocycles. The predicted molar refractivity (Wildman–Crippen MR) is 97.5 cm³/mol. The molecule has 2 atom stereocenters. The molecule has 1 aromatic rings. The number of esters is 1. The average molecular weight is 339 g/mol. The van der Waals surface area contributed by atoms with Crippen LogP contribution in [-0.4, -0.2) is 24.1 Å². The minimum Gasteiger partial charge on any atom is -0.462 e. The first kappa shape index (κ1) is 17.6. The second-order valence-electron chi connectivity index (χ2n) is 6.78. The normalized spacial score (nSPS) is 23.1. The number of carbonyl (C=O) groups is 2. The van der Waals surface area contributed by atoms with Gasteiger partial charge in [0.25, 0.3) is 0 Å². The first-order chi connectivity index (χ1) is 12.1. The summed E-state index contributed by atoms with van der Waals surface area (Å²) in [7, 11) is 0. The number of carbonyl (C=O) groups excluding carboxylic acids is 2. The van der Waals surface area contributed by atoms with E-state index in [0.29, 0.717) is 24.3 Å². The van der Waals surface area contributed by atoms with Gasteiger partial charge in [0.2, 0.25) is 0 Å². The molecule has 1 aromatic carbocycles. The van der Waals surface area contributed by atoms with Crippen LogP contribution in [0.3, 0.4) is 0 Å². The first-order valence-electron chi connectivity index (χ1n) is 9.16. The van der Waals surface area contributed by atoms with Crippen LogP contribution in [0.5, 0.6) is 0 Å². The van der Waals surface area contributed by atoms with Crippen LogP contribution in [-0.2, 0) is 14.3 Å². The van der Waals surface area contributed by atoms with Gasteiger partial charge in [-0.15, -0.1) is 0 Å². The molecule has 1 aliphatic heterocycles. The van der Waals surface area contributed by atoms with Gasteiger partial charge in [-0.2, -0.15) is 0 Å². The van der Waals surface area contributed by atoms with Crippen molar-refractivity contribution >= 4 is 17.5 Å². The molecule has 2 aliphatic rings. The first-order valence-corrected chi connectivity index (χ1v) is 9.16. The molecule has 0 unspecified atom stereocenters. The fourth-order valence-corrected chi connectivity index (χ4v) is 3.79. The quantitative estimate of drug-likeness (QED) is 0.596. The van der Waals surface area contributed by atoms with Crippen molar-refractivity contribution in [3.8, 4) is 0 Å². The average Bonchev–Trinajstić information content (AvgIpc) is 2.61. The Kier molecular flexibility index (Phi) is 5.47. The third kappa shape index (κ3) is 3.58. The Labute approximate surface area is 149 Å². The van der Waals surface area contributed by atoms with Crippen molar-refractivity contribution in [3.63, 3.8) is 0 Å². The van der Waals surface area contributed by atoms with E-state index in [1.165, 1.54) is 0 Å². The number of hydrogen-bond donors (Lipinski definition) is 0. The summed E-state index contributed by atoms with van der Waals surface area (Å²) in [4.78, 5) is 30.1. The lowest BCUT2D eigenvalue weighted by Gasteiger charge is -2.35. The van der Waals surface area contributed by atoms with Gasteiger partial charge in [-0.1, -0.05) is 43.7 Å². The highest BCUT2D eigenvalue weighted by Crippen LogP contribution is 2.42. The molecule has 3 rings (SSSR count).